The Morgan fingerprint density at radius 1 is 0.614 bits per heavy atom. The Bertz CT molecular complexity index is 2020. The van der Waals surface area contributed by atoms with Crippen molar-refractivity contribution in [3.63, 3.8) is 0 Å². The molecule has 0 saturated carbocycles. The molecule has 1 aliphatic rings. The molecule has 0 spiro atoms. The molecule has 1 N–H and O–H groups in total. The van der Waals surface area contributed by atoms with Crippen LogP contribution in [0.1, 0.15) is 28.3 Å². The minimum atomic E-state index is -4.90. The van der Waals surface area contributed by atoms with Crippen molar-refractivity contribution in [1.29, 1.82) is 5.26 Å². The average Bonchev–Trinajstić information content (AvgIpc) is 3.30. The van der Waals surface area contributed by atoms with E-state index in [1.807, 2.05) is 0 Å². The number of rotatable bonds is 3. The van der Waals surface area contributed by atoms with E-state index in [2.05, 4.69) is 25.3 Å². The fourth-order valence-electron chi connectivity index (χ4n) is 5.61. The Morgan fingerprint density at radius 3 is 1.45 bits per heavy atom. The number of aromatic nitrogens is 4. The molecule has 216 valence electrons. The molecule has 0 amide bonds. The zero-order valence-electron chi connectivity index (χ0n) is 22.2. The van der Waals surface area contributed by atoms with Gasteiger partial charge < -0.3 is 5.32 Å². The lowest BCUT2D eigenvalue weighted by Gasteiger charge is -2.17. The summed E-state index contributed by atoms with van der Waals surface area (Å²) in [5.41, 5.74) is -2.00. The molecule has 12 heteroatoms. The first kappa shape index (κ1) is 27.3. The van der Waals surface area contributed by atoms with E-state index in [1.54, 1.807) is 54.7 Å². The maximum Gasteiger partial charge on any atom is 0.417 e. The molecule has 0 radical (unpaired) electrons. The van der Waals surface area contributed by atoms with Gasteiger partial charge in [0.15, 0.2) is 17.8 Å². The van der Waals surface area contributed by atoms with E-state index in [9.17, 15) is 31.6 Å². The van der Waals surface area contributed by atoms with Crippen molar-refractivity contribution < 1.29 is 26.3 Å². The summed E-state index contributed by atoms with van der Waals surface area (Å²) in [6.07, 6.45) is -5.20. The summed E-state index contributed by atoms with van der Waals surface area (Å²) < 4.78 is 87.0. The predicted octanol–water partition coefficient (Wildman–Crippen LogP) is 8.09. The first-order valence-electron chi connectivity index (χ1n) is 13.1. The molecule has 6 nitrogen and oxygen atoms in total. The first-order chi connectivity index (χ1) is 21.0. The number of para-hydroxylation sites is 2. The minimum Gasteiger partial charge on any atom is -0.312 e. The van der Waals surface area contributed by atoms with Crippen LogP contribution in [0.3, 0.4) is 0 Å². The zero-order valence-corrected chi connectivity index (χ0v) is 22.2. The van der Waals surface area contributed by atoms with Gasteiger partial charge in [0, 0.05) is 34.3 Å². The van der Waals surface area contributed by atoms with Crippen molar-refractivity contribution >= 4 is 21.8 Å². The van der Waals surface area contributed by atoms with Gasteiger partial charge in [-0.3, -0.25) is 0 Å². The number of nitrogens with zero attached hydrogens (tertiary/aromatic N) is 5. The second-order valence-electron chi connectivity index (χ2n) is 10.2. The van der Waals surface area contributed by atoms with E-state index >= 15 is 0 Å². The fraction of sp³-hybridized carbons (Fsp3) is 0.0938. The quantitative estimate of drug-likeness (QED) is 0.126. The molecule has 0 aliphatic heterocycles. The molecule has 7 rings (SSSR count). The van der Waals surface area contributed by atoms with E-state index in [1.165, 1.54) is 24.5 Å². The third-order valence-electron chi connectivity index (χ3n) is 7.57. The molecule has 2 aromatic heterocycles. The number of benzene rings is 4. The number of halogens is 6. The summed E-state index contributed by atoms with van der Waals surface area (Å²) in [6, 6.07) is 16.5. The molecule has 6 aromatic rings. The van der Waals surface area contributed by atoms with Crippen LogP contribution < -0.4 is 5.32 Å². The third kappa shape index (κ3) is 4.44. The second kappa shape index (κ2) is 9.74. The summed E-state index contributed by atoms with van der Waals surface area (Å²) in [5, 5.41) is 13.4. The van der Waals surface area contributed by atoms with E-state index in [4.69, 9.17) is 0 Å². The number of alkyl halides is 6. The molecule has 0 atom stereocenters. The minimum absolute atomic E-state index is 0.0962. The molecular formula is C32H16F6N6. The molecule has 44 heavy (non-hydrogen) atoms. The van der Waals surface area contributed by atoms with Gasteiger partial charge in [-0.1, -0.05) is 36.4 Å². The highest BCUT2D eigenvalue weighted by Crippen LogP contribution is 2.51. The standard InChI is InChI=1S/C32H16F6N6/c33-31(34,35)24-11-18-19-12-25(32(36,37)38)23(30-41-14-17-6-2-4-8-27(17)44-30)10-21(19)28(42-15-39)20(18)9-22(24)29-40-13-16-5-1-3-7-26(16)43-29/h1-14,28,42H. The highest BCUT2D eigenvalue weighted by molar-refractivity contribution is 5.87. The molecule has 0 bridgehead atoms. The Morgan fingerprint density at radius 2 is 1.05 bits per heavy atom. The van der Waals surface area contributed by atoms with Gasteiger partial charge in [0.2, 0.25) is 0 Å². The predicted molar refractivity (Wildman–Crippen MR) is 150 cm³/mol. The summed E-state index contributed by atoms with van der Waals surface area (Å²) in [6.45, 7) is 0. The van der Waals surface area contributed by atoms with Gasteiger partial charge in [-0.05, 0) is 58.7 Å². The van der Waals surface area contributed by atoms with Crippen molar-refractivity contribution in [2.45, 2.75) is 18.4 Å². The third-order valence-corrected chi connectivity index (χ3v) is 7.57. The van der Waals surface area contributed by atoms with Crippen molar-refractivity contribution in [2.24, 2.45) is 0 Å². The van der Waals surface area contributed by atoms with E-state index in [0.717, 1.165) is 12.1 Å². The van der Waals surface area contributed by atoms with E-state index < -0.39 is 29.5 Å². The van der Waals surface area contributed by atoms with Crippen LogP contribution in [-0.4, -0.2) is 19.9 Å². The highest BCUT2D eigenvalue weighted by atomic mass is 19.4. The summed E-state index contributed by atoms with van der Waals surface area (Å²) in [7, 11) is 0. The van der Waals surface area contributed by atoms with Crippen molar-refractivity contribution in [2.75, 3.05) is 0 Å². The van der Waals surface area contributed by atoms with Crippen LogP contribution in [0.4, 0.5) is 26.3 Å². The average molecular weight is 599 g/mol. The highest BCUT2D eigenvalue weighted by Gasteiger charge is 2.42. The second-order valence-corrected chi connectivity index (χ2v) is 10.2. The number of nitriles is 1. The van der Waals surface area contributed by atoms with Crippen LogP contribution in [0.5, 0.6) is 0 Å². The summed E-state index contributed by atoms with van der Waals surface area (Å²) in [4.78, 5) is 17.0. The normalized spacial score (nSPS) is 13.1. The van der Waals surface area contributed by atoms with Gasteiger partial charge in [0.05, 0.1) is 28.2 Å². The summed E-state index contributed by atoms with van der Waals surface area (Å²) in [5.74, 6) is -0.432. The first-order valence-corrected chi connectivity index (χ1v) is 13.1. The Kier molecular flexibility index (Phi) is 6.04. The monoisotopic (exact) mass is 598 g/mol. The lowest BCUT2D eigenvalue weighted by Crippen LogP contribution is -2.16. The topological polar surface area (TPSA) is 87.4 Å². The Hall–Kier alpha value is -5.57. The Balaban J connectivity index is 1.48. The number of nitrogens with one attached hydrogen (secondary N) is 1. The van der Waals surface area contributed by atoms with Gasteiger partial charge in [-0.2, -0.15) is 31.6 Å². The largest absolute Gasteiger partial charge is 0.417 e. The molecule has 1 aliphatic carbocycles. The molecule has 0 unspecified atom stereocenters. The van der Waals surface area contributed by atoms with Crippen molar-refractivity contribution in [3.8, 4) is 40.1 Å². The number of hydrogen-bond acceptors (Lipinski definition) is 6. The molecule has 4 aromatic carbocycles. The van der Waals surface area contributed by atoms with Gasteiger partial charge in [-0.25, -0.2) is 19.9 Å². The van der Waals surface area contributed by atoms with Gasteiger partial charge in [0.1, 0.15) is 0 Å². The van der Waals surface area contributed by atoms with Crippen LogP contribution in [-0.2, 0) is 12.4 Å². The number of fused-ring (bicyclic) bond motifs is 5. The lowest BCUT2D eigenvalue weighted by molar-refractivity contribution is -0.138. The van der Waals surface area contributed by atoms with Crippen LogP contribution in [0, 0.1) is 11.5 Å². The molecular weight excluding hydrogens is 582 g/mol. The SMILES string of the molecule is N#CNC1c2cc(-c3ncc4ccccc4n3)c(C(F)(F)F)cc2-c2cc(C(F)(F)F)c(-c3ncc4ccccc4n3)cc21. The zero-order chi connectivity index (χ0) is 30.8. The Labute approximate surface area is 244 Å². The maximum atomic E-state index is 14.5. The van der Waals surface area contributed by atoms with Crippen molar-refractivity contribution in [1.82, 2.24) is 25.3 Å². The van der Waals surface area contributed by atoms with Gasteiger partial charge in [0.25, 0.3) is 0 Å². The lowest BCUT2D eigenvalue weighted by atomic mass is 9.95. The van der Waals surface area contributed by atoms with Gasteiger partial charge in [-0.15, -0.1) is 0 Å². The maximum absolute atomic E-state index is 14.5. The van der Waals surface area contributed by atoms with Crippen LogP contribution >= 0.6 is 0 Å². The van der Waals surface area contributed by atoms with Crippen molar-refractivity contribution in [3.05, 3.63) is 107 Å². The van der Waals surface area contributed by atoms with E-state index in [0.29, 0.717) is 21.8 Å². The molecule has 0 fully saturated rings. The summed E-state index contributed by atoms with van der Waals surface area (Å²) >= 11 is 0. The molecule has 2 heterocycles. The van der Waals surface area contributed by atoms with Crippen LogP contribution in [0.2, 0.25) is 0 Å². The van der Waals surface area contributed by atoms with Crippen LogP contribution in [0.15, 0.2) is 85.2 Å². The fourth-order valence-corrected chi connectivity index (χ4v) is 5.61. The molecule has 0 saturated heterocycles. The van der Waals surface area contributed by atoms with Gasteiger partial charge >= 0.3 is 12.4 Å². The smallest absolute Gasteiger partial charge is 0.312 e. The van der Waals surface area contributed by atoms with E-state index in [-0.39, 0.29) is 45.0 Å². The number of hydrogen-bond donors (Lipinski definition) is 1. The van der Waals surface area contributed by atoms with Crippen LogP contribution in [0.25, 0.3) is 55.7 Å².